The van der Waals surface area contributed by atoms with Crippen LogP contribution in [-0.4, -0.2) is 7.05 Å². The Bertz CT molecular complexity index is 33.9. The molecule has 0 amide bonds. The highest BCUT2D eigenvalue weighted by atomic mass is 16.8. The van der Waals surface area contributed by atoms with Gasteiger partial charge in [0.2, 0.25) is 0 Å². The quantitative estimate of drug-likeness (QED) is 0.348. The standard InChI is InChI=1S/CH5N3O/c1-3-4-5-2/h2H2,1H3. The highest BCUT2D eigenvalue weighted by Gasteiger charge is 1.47. The summed E-state index contributed by atoms with van der Waals surface area (Å²) in [7, 11) is 1.47. The van der Waals surface area contributed by atoms with Crippen molar-refractivity contribution >= 4 is 0 Å². The van der Waals surface area contributed by atoms with Gasteiger partial charge in [0.1, 0.15) is 0 Å². The van der Waals surface area contributed by atoms with E-state index >= 15 is 0 Å². The van der Waals surface area contributed by atoms with Gasteiger partial charge in [-0.2, -0.15) is 5.11 Å². The van der Waals surface area contributed by atoms with Crippen LogP contribution in [0.2, 0.25) is 0 Å². The molecule has 0 bridgehead atoms. The third-order valence-corrected chi connectivity index (χ3v) is 0.129. The van der Waals surface area contributed by atoms with E-state index in [0.717, 1.165) is 0 Å². The topological polar surface area (TPSA) is 60.0 Å². The summed E-state index contributed by atoms with van der Waals surface area (Å²) in [5.74, 6) is 4.38. The number of nitrogens with zero attached hydrogens (tertiary/aromatic N) is 2. The highest BCUT2D eigenvalue weighted by molar-refractivity contribution is 3.86. The van der Waals surface area contributed by atoms with Gasteiger partial charge in [0.25, 0.3) is 0 Å². The molecule has 0 aromatic heterocycles. The largest absolute Gasteiger partial charge is 0.283 e. The number of hydrogen-bond donors (Lipinski definition) is 1. The molecule has 0 aromatic carbocycles. The smallest absolute Gasteiger partial charge is 0.0524 e. The Morgan fingerprint density at radius 2 is 2.40 bits per heavy atom. The summed E-state index contributed by atoms with van der Waals surface area (Å²) in [6, 6.07) is 0. The second-order valence-electron chi connectivity index (χ2n) is 0.387. The zero-order valence-corrected chi connectivity index (χ0v) is 2.88. The molecule has 4 heteroatoms. The summed E-state index contributed by atoms with van der Waals surface area (Å²) < 4.78 is 0. The van der Waals surface area contributed by atoms with Gasteiger partial charge in [-0.1, -0.05) is 0 Å². The Morgan fingerprint density at radius 3 is 2.40 bits per heavy atom. The van der Waals surface area contributed by atoms with Crippen molar-refractivity contribution in [2.24, 2.45) is 16.3 Å². The van der Waals surface area contributed by atoms with Crippen LogP contribution in [0, 0.1) is 0 Å². The van der Waals surface area contributed by atoms with Gasteiger partial charge in [-0.15, -0.1) is 5.90 Å². The minimum Gasteiger partial charge on any atom is -0.283 e. The molecular weight excluding hydrogens is 70.0 g/mol. The van der Waals surface area contributed by atoms with Gasteiger partial charge in [-0.05, 0) is 0 Å². The van der Waals surface area contributed by atoms with E-state index in [1.165, 1.54) is 7.05 Å². The minimum absolute atomic E-state index is 1.47. The molecule has 0 radical (unpaired) electrons. The third kappa shape index (κ3) is 3.36. The van der Waals surface area contributed by atoms with Crippen molar-refractivity contribution < 1.29 is 4.94 Å². The van der Waals surface area contributed by atoms with Gasteiger partial charge in [-0.3, -0.25) is 4.94 Å². The fourth-order valence-corrected chi connectivity index (χ4v) is 0.0471. The average molecular weight is 75.1 g/mol. The molecule has 0 fully saturated rings. The molecule has 0 atom stereocenters. The van der Waals surface area contributed by atoms with Crippen LogP contribution >= 0.6 is 0 Å². The van der Waals surface area contributed by atoms with Crippen LogP contribution in [0.5, 0.6) is 0 Å². The lowest BCUT2D eigenvalue weighted by atomic mass is 11.6. The summed E-state index contributed by atoms with van der Waals surface area (Å²) in [6.45, 7) is 0. The van der Waals surface area contributed by atoms with Crippen molar-refractivity contribution in [1.29, 1.82) is 0 Å². The Hall–Kier alpha value is -0.640. The highest BCUT2D eigenvalue weighted by Crippen LogP contribution is 1.58. The molecule has 30 valence electrons. The SMILES string of the molecule is CN=NON. The average Bonchev–Trinajstić information content (AvgIpc) is 1.41. The summed E-state index contributed by atoms with van der Waals surface area (Å²) in [5, 5.41) is 6.01. The summed E-state index contributed by atoms with van der Waals surface area (Å²) in [6.07, 6.45) is 0. The van der Waals surface area contributed by atoms with Crippen LogP contribution in [0.4, 0.5) is 0 Å². The zero-order chi connectivity index (χ0) is 4.12. The molecule has 2 N–H and O–H groups in total. The van der Waals surface area contributed by atoms with E-state index in [1.807, 2.05) is 0 Å². The predicted octanol–water partition coefficient (Wildman–Crippen LogP) is -0.126. The minimum atomic E-state index is 1.47. The van der Waals surface area contributed by atoms with Crippen LogP contribution < -0.4 is 5.90 Å². The Labute approximate surface area is 29.5 Å². The lowest BCUT2D eigenvalue weighted by Gasteiger charge is -1.71. The number of hydrogen-bond acceptors (Lipinski definition) is 4. The van der Waals surface area contributed by atoms with Crippen LogP contribution in [0.3, 0.4) is 0 Å². The van der Waals surface area contributed by atoms with Gasteiger partial charge in [0.15, 0.2) is 0 Å². The molecule has 0 unspecified atom stereocenters. The van der Waals surface area contributed by atoms with Gasteiger partial charge in [0, 0.05) is 5.28 Å². The van der Waals surface area contributed by atoms with Gasteiger partial charge >= 0.3 is 0 Å². The molecular formula is CH5N3O. The Balaban J connectivity index is 2.62. The molecule has 0 aliphatic heterocycles. The predicted molar refractivity (Wildman–Crippen MR) is 16.1 cm³/mol. The lowest BCUT2D eigenvalue weighted by Crippen LogP contribution is -1.85. The van der Waals surface area contributed by atoms with Crippen molar-refractivity contribution in [2.75, 3.05) is 7.05 Å². The zero-order valence-electron chi connectivity index (χ0n) is 2.88. The third-order valence-electron chi connectivity index (χ3n) is 0.129. The van der Waals surface area contributed by atoms with E-state index in [4.69, 9.17) is 0 Å². The fraction of sp³-hybridized carbons (Fsp3) is 1.00. The van der Waals surface area contributed by atoms with Crippen LogP contribution in [0.15, 0.2) is 10.4 Å². The number of nitrogens with two attached hydrogens (primary N) is 1. The summed E-state index contributed by atoms with van der Waals surface area (Å²) in [4.78, 5) is 3.65. The molecule has 0 aromatic rings. The first-order chi connectivity index (χ1) is 2.41. The Morgan fingerprint density at radius 1 is 1.80 bits per heavy atom. The summed E-state index contributed by atoms with van der Waals surface area (Å²) >= 11 is 0. The van der Waals surface area contributed by atoms with E-state index in [0.29, 0.717) is 0 Å². The van der Waals surface area contributed by atoms with Crippen molar-refractivity contribution in [3.63, 3.8) is 0 Å². The normalized spacial score (nSPS) is 9.20. The van der Waals surface area contributed by atoms with E-state index in [-0.39, 0.29) is 0 Å². The maximum Gasteiger partial charge on any atom is 0.0524 e. The van der Waals surface area contributed by atoms with Crippen molar-refractivity contribution in [1.82, 2.24) is 0 Å². The molecule has 0 aliphatic rings. The first kappa shape index (κ1) is 4.36. The fourth-order valence-electron chi connectivity index (χ4n) is 0.0471. The van der Waals surface area contributed by atoms with E-state index in [9.17, 15) is 0 Å². The summed E-state index contributed by atoms with van der Waals surface area (Å²) in [5.41, 5.74) is 0. The molecule has 0 rings (SSSR count). The Kier molecular flexibility index (Phi) is 2.93. The van der Waals surface area contributed by atoms with Gasteiger partial charge in [0.05, 0.1) is 7.05 Å². The molecule has 0 saturated heterocycles. The van der Waals surface area contributed by atoms with Crippen molar-refractivity contribution in [3.8, 4) is 0 Å². The molecule has 5 heavy (non-hydrogen) atoms. The number of rotatable bonds is 1. The molecule has 0 heterocycles. The lowest BCUT2D eigenvalue weighted by molar-refractivity contribution is 0.127. The first-order valence-electron chi connectivity index (χ1n) is 1.07. The second kappa shape index (κ2) is 3.36. The van der Waals surface area contributed by atoms with Crippen LogP contribution in [-0.2, 0) is 4.94 Å². The maximum absolute atomic E-state index is 4.38. The second-order valence-corrected chi connectivity index (χ2v) is 0.387. The van der Waals surface area contributed by atoms with E-state index in [2.05, 4.69) is 21.2 Å². The van der Waals surface area contributed by atoms with Gasteiger partial charge in [-0.25, -0.2) is 0 Å². The maximum atomic E-state index is 4.38. The molecule has 4 nitrogen and oxygen atoms in total. The van der Waals surface area contributed by atoms with Crippen LogP contribution in [0.25, 0.3) is 0 Å². The molecule has 0 spiro atoms. The van der Waals surface area contributed by atoms with Crippen molar-refractivity contribution in [2.45, 2.75) is 0 Å². The van der Waals surface area contributed by atoms with E-state index < -0.39 is 0 Å². The molecule has 0 aliphatic carbocycles. The monoisotopic (exact) mass is 75.0 g/mol. The van der Waals surface area contributed by atoms with Crippen LogP contribution in [0.1, 0.15) is 0 Å². The van der Waals surface area contributed by atoms with Crippen molar-refractivity contribution in [3.05, 3.63) is 0 Å². The van der Waals surface area contributed by atoms with E-state index in [1.54, 1.807) is 0 Å². The van der Waals surface area contributed by atoms with Gasteiger partial charge < -0.3 is 0 Å². The first-order valence-corrected chi connectivity index (χ1v) is 1.07. The molecule has 0 saturated carbocycles.